The number of rotatable bonds is 5. The largest absolute Gasteiger partial charge is 0.457 e. The highest BCUT2D eigenvalue weighted by Crippen LogP contribution is 2.44. The second-order valence-corrected chi connectivity index (χ2v) is 5.27. The van der Waals surface area contributed by atoms with E-state index < -0.39 is 5.41 Å². The average Bonchev–Trinajstić information content (AvgIpc) is 3.30. The van der Waals surface area contributed by atoms with Gasteiger partial charge >= 0.3 is 0 Å². The summed E-state index contributed by atoms with van der Waals surface area (Å²) in [5.41, 5.74) is 5.39. The molecule has 3 rings (SSSR count). The van der Waals surface area contributed by atoms with Gasteiger partial charge < -0.3 is 20.6 Å². The summed E-state index contributed by atoms with van der Waals surface area (Å²) in [7, 11) is 0. The fourth-order valence-electron chi connectivity index (χ4n) is 2.02. The first-order valence-corrected chi connectivity index (χ1v) is 6.89. The maximum Gasteiger partial charge on any atom is 0.237 e. The molecule has 0 radical (unpaired) electrons. The van der Waals surface area contributed by atoms with Crippen LogP contribution < -0.4 is 15.8 Å². The summed E-state index contributed by atoms with van der Waals surface area (Å²) >= 11 is 0. The first-order chi connectivity index (χ1) is 10.6. The number of hydrogen-bond acceptors (Lipinski definition) is 5. The molecule has 1 aromatic heterocycles. The van der Waals surface area contributed by atoms with E-state index in [4.69, 9.17) is 10.5 Å². The minimum absolute atomic E-state index is 0.252. The van der Waals surface area contributed by atoms with E-state index in [2.05, 4.69) is 10.3 Å². The molecule has 1 aliphatic rings. The van der Waals surface area contributed by atoms with Crippen LogP contribution in [0.25, 0.3) is 0 Å². The smallest absolute Gasteiger partial charge is 0.237 e. The summed E-state index contributed by atoms with van der Waals surface area (Å²) < 4.78 is 5.63. The van der Waals surface area contributed by atoms with E-state index in [0.29, 0.717) is 35.8 Å². The molecular weight excluding hydrogens is 282 g/mol. The number of nitrogens with zero attached hydrogens (tertiary/aromatic N) is 1. The molecule has 22 heavy (non-hydrogen) atoms. The summed E-state index contributed by atoms with van der Waals surface area (Å²) in [5, 5.41) is 2.74. The summed E-state index contributed by atoms with van der Waals surface area (Å²) in [5.74, 6) is 1.32. The van der Waals surface area contributed by atoms with Gasteiger partial charge in [0.2, 0.25) is 5.91 Å². The second-order valence-electron chi connectivity index (χ2n) is 5.27. The molecule has 1 aromatic carbocycles. The molecule has 6 heteroatoms. The van der Waals surface area contributed by atoms with Gasteiger partial charge in [0.05, 0.1) is 0 Å². The molecule has 3 N–H and O–H groups in total. The van der Waals surface area contributed by atoms with Crippen molar-refractivity contribution in [2.45, 2.75) is 12.8 Å². The number of hydrogen-bond donors (Lipinski definition) is 2. The van der Waals surface area contributed by atoms with Crippen molar-refractivity contribution in [3.63, 3.8) is 0 Å². The quantitative estimate of drug-likeness (QED) is 0.652. The van der Waals surface area contributed by atoms with Crippen molar-refractivity contribution in [2.24, 2.45) is 5.41 Å². The van der Waals surface area contributed by atoms with Crippen LogP contribution in [0.1, 0.15) is 12.8 Å². The molecule has 0 aliphatic heterocycles. The lowest BCUT2D eigenvalue weighted by atomic mass is 10.1. The van der Waals surface area contributed by atoms with E-state index in [1.165, 1.54) is 0 Å². The van der Waals surface area contributed by atoms with E-state index in [1.54, 1.807) is 42.6 Å². The SMILES string of the molecule is Nc1cc(Oc2ccc(NC(=O)C3(C=O)CC3)cc2)ccn1. The molecule has 0 unspecified atom stereocenters. The number of nitrogens with one attached hydrogen (secondary N) is 1. The Morgan fingerprint density at radius 3 is 2.55 bits per heavy atom. The maximum absolute atomic E-state index is 11.9. The Hall–Kier alpha value is -2.89. The number of carbonyl (C=O) groups is 2. The van der Waals surface area contributed by atoms with Crippen molar-refractivity contribution in [3.05, 3.63) is 42.6 Å². The van der Waals surface area contributed by atoms with E-state index >= 15 is 0 Å². The fraction of sp³-hybridized carbons (Fsp3) is 0.188. The van der Waals surface area contributed by atoms with Crippen LogP contribution in [0.2, 0.25) is 0 Å². The summed E-state index contributed by atoms with van der Waals surface area (Å²) in [6, 6.07) is 10.2. The van der Waals surface area contributed by atoms with Gasteiger partial charge in [-0.1, -0.05) is 0 Å². The molecule has 0 atom stereocenters. The molecule has 0 bridgehead atoms. The minimum Gasteiger partial charge on any atom is -0.457 e. The van der Waals surface area contributed by atoms with Crippen LogP contribution in [-0.4, -0.2) is 17.2 Å². The first-order valence-electron chi connectivity index (χ1n) is 6.89. The zero-order chi connectivity index (χ0) is 15.6. The van der Waals surface area contributed by atoms with Crippen LogP contribution in [0.4, 0.5) is 11.5 Å². The van der Waals surface area contributed by atoms with Crippen molar-refractivity contribution < 1.29 is 14.3 Å². The topological polar surface area (TPSA) is 94.3 Å². The monoisotopic (exact) mass is 297 g/mol. The van der Waals surface area contributed by atoms with Crippen molar-refractivity contribution >= 4 is 23.7 Å². The summed E-state index contributed by atoms with van der Waals surface area (Å²) in [6.45, 7) is 0. The molecule has 1 saturated carbocycles. The van der Waals surface area contributed by atoms with Crippen molar-refractivity contribution in [2.75, 3.05) is 11.1 Å². The third-order valence-corrected chi connectivity index (χ3v) is 3.57. The number of ether oxygens (including phenoxy) is 1. The molecule has 0 saturated heterocycles. The van der Waals surface area contributed by atoms with Crippen LogP contribution in [0, 0.1) is 5.41 Å². The molecule has 1 amide bonds. The normalized spacial score (nSPS) is 14.9. The molecule has 2 aromatic rings. The molecule has 112 valence electrons. The van der Waals surface area contributed by atoms with E-state index in [-0.39, 0.29) is 5.91 Å². The minimum atomic E-state index is -0.816. The number of nitrogen functional groups attached to an aromatic ring is 1. The van der Waals surface area contributed by atoms with Crippen LogP contribution in [0.5, 0.6) is 11.5 Å². The van der Waals surface area contributed by atoms with Gasteiger partial charge in [-0.05, 0) is 43.2 Å². The number of amides is 1. The molecule has 6 nitrogen and oxygen atoms in total. The zero-order valence-corrected chi connectivity index (χ0v) is 11.8. The highest BCUT2D eigenvalue weighted by atomic mass is 16.5. The Bertz CT molecular complexity index is 709. The number of aromatic nitrogens is 1. The standard InChI is InChI=1S/C16H15N3O3/c17-14-9-13(5-8-18-14)22-12-3-1-11(2-4-12)19-15(21)16(10-20)6-7-16/h1-5,8-10H,6-7H2,(H2,17,18)(H,19,21). The number of aldehydes is 1. The van der Waals surface area contributed by atoms with E-state index in [1.807, 2.05) is 0 Å². The number of carbonyl (C=O) groups excluding carboxylic acids is 2. The number of benzene rings is 1. The highest BCUT2D eigenvalue weighted by Gasteiger charge is 2.49. The van der Waals surface area contributed by atoms with Crippen molar-refractivity contribution in [3.8, 4) is 11.5 Å². The lowest BCUT2D eigenvalue weighted by Crippen LogP contribution is -2.25. The zero-order valence-electron chi connectivity index (χ0n) is 11.8. The van der Waals surface area contributed by atoms with Crippen molar-refractivity contribution in [1.29, 1.82) is 0 Å². The Morgan fingerprint density at radius 2 is 1.95 bits per heavy atom. The lowest BCUT2D eigenvalue weighted by Gasteiger charge is -2.10. The summed E-state index contributed by atoms with van der Waals surface area (Å²) in [6.07, 6.45) is 3.53. The Labute approximate surface area is 127 Å². The third-order valence-electron chi connectivity index (χ3n) is 3.57. The van der Waals surface area contributed by atoms with Crippen LogP contribution in [-0.2, 0) is 9.59 Å². The first kappa shape index (κ1) is 14.1. The predicted molar refractivity (Wildman–Crippen MR) is 81.5 cm³/mol. The Kier molecular flexibility index (Phi) is 3.50. The number of anilines is 2. The van der Waals surface area contributed by atoms with Gasteiger partial charge in [0.15, 0.2) is 0 Å². The predicted octanol–water partition coefficient (Wildman–Crippen LogP) is 2.37. The van der Waals surface area contributed by atoms with Crippen molar-refractivity contribution in [1.82, 2.24) is 4.98 Å². The molecule has 1 heterocycles. The molecule has 1 fully saturated rings. The van der Waals surface area contributed by atoms with E-state index in [0.717, 1.165) is 6.29 Å². The second kappa shape index (κ2) is 5.48. The molecule has 1 aliphatic carbocycles. The third kappa shape index (κ3) is 2.90. The van der Waals surface area contributed by atoms with Crippen LogP contribution >= 0.6 is 0 Å². The number of pyridine rings is 1. The van der Waals surface area contributed by atoms with Crippen LogP contribution in [0.3, 0.4) is 0 Å². The average molecular weight is 297 g/mol. The van der Waals surface area contributed by atoms with Gasteiger partial charge in [0.1, 0.15) is 29.0 Å². The molecular formula is C16H15N3O3. The fourth-order valence-corrected chi connectivity index (χ4v) is 2.02. The van der Waals surface area contributed by atoms with Gasteiger partial charge in [-0.3, -0.25) is 4.79 Å². The summed E-state index contributed by atoms with van der Waals surface area (Å²) in [4.78, 5) is 26.7. The van der Waals surface area contributed by atoms with Gasteiger partial charge in [-0.15, -0.1) is 0 Å². The lowest BCUT2D eigenvalue weighted by molar-refractivity contribution is -0.126. The maximum atomic E-state index is 11.9. The van der Waals surface area contributed by atoms with E-state index in [9.17, 15) is 9.59 Å². The number of nitrogens with two attached hydrogens (primary N) is 1. The van der Waals surface area contributed by atoms with Gasteiger partial charge in [0.25, 0.3) is 0 Å². The van der Waals surface area contributed by atoms with Gasteiger partial charge in [0, 0.05) is 18.0 Å². The highest BCUT2D eigenvalue weighted by molar-refractivity contribution is 6.07. The Morgan fingerprint density at radius 1 is 1.23 bits per heavy atom. The van der Waals surface area contributed by atoms with Crippen LogP contribution in [0.15, 0.2) is 42.6 Å². The Balaban J connectivity index is 1.65. The van der Waals surface area contributed by atoms with Gasteiger partial charge in [-0.2, -0.15) is 0 Å². The molecule has 0 spiro atoms. The van der Waals surface area contributed by atoms with Gasteiger partial charge in [-0.25, -0.2) is 4.98 Å².